The normalized spacial score (nSPS) is 13.9. The van der Waals surface area contributed by atoms with Crippen molar-refractivity contribution in [2.45, 2.75) is 302 Å². The van der Waals surface area contributed by atoms with Gasteiger partial charge in [0.15, 0.2) is 6.10 Å². The summed E-state index contributed by atoms with van der Waals surface area (Å²) in [5.41, 5.74) is 0. The van der Waals surface area contributed by atoms with Crippen molar-refractivity contribution >= 4 is 19.8 Å². The fraction of sp³-hybridized carbons (Fsp3) is 0.711. The van der Waals surface area contributed by atoms with Crippen LogP contribution >= 0.6 is 7.82 Å². The Kier molecular flexibility index (Phi) is 63.1. The van der Waals surface area contributed by atoms with E-state index in [1.54, 1.807) is 0 Å². The van der Waals surface area contributed by atoms with Crippen molar-refractivity contribution in [1.82, 2.24) is 0 Å². The molecule has 0 aromatic carbocycles. The van der Waals surface area contributed by atoms with E-state index in [2.05, 4.69) is 129 Å². The molecule has 0 N–H and O–H groups in total. The molecule has 0 spiro atoms. The minimum Gasteiger partial charge on any atom is -0.756 e. The number of unbranched alkanes of at least 4 members (excludes halogenated alkanes) is 30. The van der Waals surface area contributed by atoms with Crippen molar-refractivity contribution in [3.05, 3.63) is 122 Å². The number of nitrogens with zero attached hydrogens (tertiary/aromatic N) is 1. The molecule has 0 heterocycles. The van der Waals surface area contributed by atoms with Crippen LogP contribution in [0.25, 0.3) is 0 Å². The van der Waals surface area contributed by atoms with Crippen molar-refractivity contribution in [3.8, 4) is 0 Å². The third kappa shape index (κ3) is 69.5. The first kappa shape index (κ1) is 82.4. The molecule has 0 rings (SSSR count). The molecule has 0 saturated carbocycles. The smallest absolute Gasteiger partial charge is 0.306 e. The minimum absolute atomic E-state index is 0.0470. The van der Waals surface area contributed by atoms with Gasteiger partial charge >= 0.3 is 11.9 Å². The highest BCUT2D eigenvalue weighted by Crippen LogP contribution is 2.38. The van der Waals surface area contributed by atoms with E-state index in [9.17, 15) is 19.0 Å². The minimum atomic E-state index is -4.67. The Morgan fingerprint density at radius 2 is 0.674 bits per heavy atom. The first-order valence-corrected chi connectivity index (χ1v) is 36.7. The number of quaternary nitrogens is 1. The van der Waals surface area contributed by atoms with E-state index in [-0.39, 0.29) is 26.1 Å². The van der Waals surface area contributed by atoms with Gasteiger partial charge in [0.05, 0.1) is 27.7 Å². The Bertz CT molecular complexity index is 1870. The summed E-state index contributed by atoms with van der Waals surface area (Å²) in [7, 11) is 1.12. The molecular weight excluding hydrogens is 1090 g/mol. The number of allylic oxidation sites excluding steroid dienone is 20. The third-order valence-corrected chi connectivity index (χ3v) is 15.9. The maximum Gasteiger partial charge on any atom is 0.306 e. The number of carbonyl (C=O) groups is 2. The van der Waals surface area contributed by atoms with E-state index in [4.69, 9.17) is 18.5 Å². The summed E-state index contributed by atoms with van der Waals surface area (Å²) in [6.45, 7) is 4.08. The Morgan fingerprint density at radius 1 is 0.372 bits per heavy atom. The number of hydrogen-bond donors (Lipinski definition) is 0. The van der Waals surface area contributed by atoms with Crippen LogP contribution in [-0.2, 0) is 32.7 Å². The number of hydrogen-bond acceptors (Lipinski definition) is 8. The maximum atomic E-state index is 12.8. The van der Waals surface area contributed by atoms with E-state index in [0.29, 0.717) is 23.9 Å². The van der Waals surface area contributed by atoms with Gasteiger partial charge in [-0.1, -0.05) is 302 Å². The number of carbonyl (C=O) groups excluding carboxylic acids is 2. The average molecular weight is 1220 g/mol. The number of esters is 2. The fourth-order valence-electron chi connectivity index (χ4n) is 9.60. The number of phosphoric ester groups is 1. The second kappa shape index (κ2) is 65.8. The first-order chi connectivity index (χ1) is 42.0. The van der Waals surface area contributed by atoms with Crippen LogP contribution in [-0.4, -0.2) is 70.0 Å². The predicted octanol–water partition coefficient (Wildman–Crippen LogP) is 22.4. The van der Waals surface area contributed by atoms with Gasteiger partial charge in [0.1, 0.15) is 19.8 Å². The molecule has 0 aliphatic carbocycles. The SMILES string of the molecule is CC/C=C\C/C=C\C/C=C\C/C=C\C/C=C\C/C=C\C/C=C\C/C=C\C/C=C\CCCC(=O)OC(COC(=O)CCCCCCCCCCCCCCCCCCCCCCC/C=C\CCCCCCCCCC)COP(=O)([O-])OCC[N+](C)(C)C. The van der Waals surface area contributed by atoms with Crippen LogP contribution in [0.2, 0.25) is 0 Å². The van der Waals surface area contributed by atoms with Crippen LogP contribution < -0.4 is 4.89 Å². The highest BCUT2D eigenvalue weighted by Gasteiger charge is 2.22. The Balaban J connectivity index is 4.13. The Labute approximate surface area is 530 Å². The summed E-state index contributed by atoms with van der Waals surface area (Å²) < 4.78 is 34.2. The summed E-state index contributed by atoms with van der Waals surface area (Å²) in [5.74, 6) is -0.901. The Hall–Kier alpha value is -3.59. The average Bonchev–Trinajstić information content (AvgIpc) is 3.67. The van der Waals surface area contributed by atoms with Gasteiger partial charge < -0.3 is 27.9 Å². The molecule has 0 radical (unpaired) electrons. The molecule has 0 amide bonds. The molecule has 2 atom stereocenters. The molecule has 86 heavy (non-hydrogen) atoms. The van der Waals surface area contributed by atoms with E-state index in [1.807, 2.05) is 27.2 Å². The molecule has 0 saturated heterocycles. The molecule has 2 unspecified atom stereocenters. The van der Waals surface area contributed by atoms with Gasteiger partial charge in [-0.3, -0.25) is 14.2 Å². The predicted molar refractivity (Wildman–Crippen MR) is 369 cm³/mol. The van der Waals surface area contributed by atoms with Crippen molar-refractivity contribution in [2.24, 2.45) is 0 Å². The summed E-state index contributed by atoms with van der Waals surface area (Å²) in [6, 6.07) is 0. The van der Waals surface area contributed by atoms with Gasteiger partial charge in [0.2, 0.25) is 0 Å². The number of ether oxygens (including phenoxy) is 2. The quantitative estimate of drug-likeness (QED) is 0.0195. The van der Waals surface area contributed by atoms with Crippen molar-refractivity contribution in [3.63, 3.8) is 0 Å². The van der Waals surface area contributed by atoms with E-state index < -0.39 is 32.5 Å². The number of likely N-dealkylation sites (N-methyl/N-ethyl adjacent to an activating group) is 1. The van der Waals surface area contributed by atoms with Gasteiger partial charge in [-0.25, -0.2) is 0 Å². The Morgan fingerprint density at radius 3 is 1.03 bits per heavy atom. The fourth-order valence-corrected chi connectivity index (χ4v) is 10.3. The molecule has 0 aliphatic rings. The monoisotopic (exact) mass is 1220 g/mol. The number of rotatable bonds is 64. The summed E-state index contributed by atoms with van der Waals surface area (Å²) in [6.07, 6.45) is 94.4. The van der Waals surface area contributed by atoms with Gasteiger partial charge in [-0.15, -0.1) is 0 Å². The lowest BCUT2D eigenvalue weighted by molar-refractivity contribution is -0.870. The first-order valence-electron chi connectivity index (χ1n) is 35.2. The van der Waals surface area contributed by atoms with Crippen LogP contribution in [0.15, 0.2) is 122 Å². The maximum absolute atomic E-state index is 12.8. The second-order valence-corrected chi connectivity index (χ2v) is 25.9. The largest absolute Gasteiger partial charge is 0.756 e. The lowest BCUT2D eigenvalue weighted by Crippen LogP contribution is -2.37. The van der Waals surface area contributed by atoms with Crippen molar-refractivity contribution in [2.75, 3.05) is 47.5 Å². The molecule has 0 fully saturated rings. The summed E-state index contributed by atoms with van der Waals surface area (Å²) in [5, 5.41) is 0. The molecule has 9 nitrogen and oxygen atoms in total. The molecule has 494 valence electrons. The molecule has 0 aliphatic heterocycles. The van der Waals surface area contributed by atoms with E-state index >= 15 is 0 Å². The van der Waals surface area contributed by atoms with Gasteiger partial charge in [0.25, 0.3) is 7.82 Å². The van der Waals surface area contributed by atoms with Crippen LogP contribution in [0.4, 0.5) is 0 Å². The standard InChI is InChI=1S/C76H132NO8P/c1-6-8-10-12-14-16-18-20-22-24-26-28-30-32-34-36-37-38-39-41-42-44-46-48-50-52-54-56-58-60-62-64-66-68-75(78)82-72-74(73-84-86(80,81)83-71-70-77(3,4)5)85-76(79)69-67-65-63-61-59-57-55-53-51-49-47-45-43-40-35-33-31-29-27-25-23-21-19-17-15-13-11-9-7-2/h9,11,15,17,21,23-24,26-27,29,33,35,43,45,49,51,55,57,61,63,74H,6-8,10,12-14,16,18-20,22,25,28,30-32,34,36-42,44,46-48,50,52-54,56,58-60,62,64-73H2,1-5H3/b11-9-,17-15-,23-21-,26-24-,29-27-,35-33-,45-43-,51-49-,57-55-,63-61-. The lowest BCUT2D eigenvalue weighted by atomic mass is 10.0. The third-order valence-electron chi connectivity index (χ3n) is 15.0. The molecule has 0 aromatic rings. The lowest BCUT2D eigenvalue weighted by Gasteiger charge is -2.28. The van der Waals surface area contributed by atoms with Gasteiger partial charge in [-0.05, 0) is 103 Å². The van der Waals surface area contributed by atoms with E-state index in [0.717, 1.165) is 77.0 Å². The molecular formula is C76H132NO8P. The second-order valence-electron chi connectivity index (χ2n) is 24.5. The highest BCUT2D eigenvalue weighted by atomic mass is 31.2. The topological polar surface area (TPSA) is 111 Å². The van der Waals surface area contributed by atoms with E-state index in [1.165, 1.54) is 180 Å². The van der Waals surface area contributed by atoms with Gasteiger partial charge in [0, 0.05) is 12.8 Å². The zero-order chi connectivity index (χ0) is 62.6. The van der Waals surface area contributed by atoms with Crippen LogP contribution in [0.1, 0.15) is 296 Å². The molecule has 0 aromatic heterocycles. The van der Waals surface area contributed by atoms with Crippen LogP contribution in [0.5, 0.6) is 0 Å². The van der Waals surface area contributed by atoms with Crippen LogP contribution in [0, 0.1) is 0 Å². The highest BCUT2D eigenvalue weighted by molar-refractivity contribution is 7.45. The molecule has 10 heteroatoms. The zero-order valence-corrected chi connectivity index (χ0v) is 57.1. The zero-order valence-electron chi connectivity index (χ0n) is 56.2. The van der Waals surface area contributed by atoms with Gasteiger partial charge in [-0.2, -0.15) is 0 Å². The van der Waals surface area contributed by atoms with Crippen molar-refractivity contribution in [1.29, 1.82) is 0 Å². The molecule has 0 bridgehead atoms. The van der Waals surface area contributed by atoms with Crippen molar-refractivity contribution < 1.29 is 42.1 Å². The number of phosphoric acid groups is 1. The van der Waals surface area contributed by atoms with Crippen LogP contribution in [0.3, 0.4) is 0 Å². The summed E-state index contributed by atoms with van der Waals surface area (Å²) in [4.78, 5) is 38.0. The summed E-state index contributed by atoms with van der Waals surface area (Å²) >= 11 is 0.